The molecule has 0 fully saturated rings. The van der Waals surface area contributed by atoms with E-state index >= 15 is 0 Å². The number of para-hydroxylation sites is 1. The van der Waals surface area contributed by atoms with Crippen LogP contribution in [0.1, 0.15) is 23.5 Å². The molecule has 0 bridgehead atoms. The molecule has 0 spiro atoms. The van der Waals surface area contributed by atoms with Gasteiger partial charge in [0.2, 0.25) is 0 Å². The highest BCUT2D eigenvalue weighted by atomic mass is 32.1. The van der Waals surface area contributed by atoms with Crippen LogP contribution in [-0.2, 0) is 6.42 Å². The largest absolute Gasteiger partial charge is 0.493 e. The fraction of sp³-hybridized carbons (Fsp3) is 0.400. The van der Waals surface area contributed by atoms with Crippen molar-refractivity contribution in [2.45, 2.75) is 19.4 Å². The minimum Gasteiger partial charge on any atom is -0.493 e. The number of aromatic nitrogens is 1. The molecule has 2 unspecified atom stereocenters. The maximum atomic E-state index is 5.77. The van der Waals surface area contributed by atoms with Gasteiger partial charge in [-0.1, -0.05) is 25.1 Å². The van der Waals surface area contributed by atoms with Crippen molar-refractivity contribution >= 4 is 11.3 Å². The molecular weight excluding hydrogens is 256 g/mol. The molecule has 3 nitrogen and oxygen atoms in total. The molecule has 4 heteroatoms. The van der Waals surface area contributed by atoms with E-state index in [0.717, 1.165) is 25.3 Å². The molecule has 1 N–H and O–H groups in total. The highest BCUT2D eigenvalue weighted by Gasteiger charge is 2.26. The molecule has 2 heterocycles. The highest BCUT2D eigenvalue weighted by Crippen LogP contribution is 2.34. The first kappa shape index (κ1) is 12.6. The molecule has 1 aromatic carbocycles. The third-order valence-corrected chi connectivity index (χ3v) is 4.35. The molecule has 1 aliphatic heterocycles. The van der Waals surface area contributed by atoms with E-state index in [9.17, 15) is 0 Å². The topological polar surface area (TPSA) is 34.1 Å². The van der Waals surface area contributed by atoms with Crippen molar-refractivity contribution in [3.63, 3.8) is 0 Å². The number of hydrogen-bond acceptors (Lipinski definition) is 4. The molecule has 0 aliphatic carbocycles. The normalized spacial score (nSPS) is 21.7. The third-order valence-electron chi connectivity index (χ3n) is 3.51. The maximum absolute atomic E-state index is 5.77. The van der Waals surface area contributed by atoms with Crippen LogP contribution in [0.2, 0.25) is 0 Å². The molecule has 0 saturated heterocycles. The molecule has 2 atom stereocenters. The van der Waals surface area contributed by atoms with Gasteiger partial charge < -0.3 is 10.1 Å². The quantitative estimate of drug-likeness (QED) is 0.930. The Morgan fingerprint density at radius 1 is 1.42 bits per heavy atom. The Hall–Kier alpha value is -1.39. The number of hydrogen-bond donors (Lipinski definition) is 1. The first-order valence-electron chi connectivity index (χ1n) is 6.68. The SMILES string of the molecule is CC1COc2ccccc2C1NCCc1nccs1. The standard InChI is InChI=1S/C15H18N2OS/c1-11-10-18-13-5-3-2-4-12(13)15(11)17-7-6-14-16-8-9-19-14/h2-5,8-9,11,15,17H,6-7,10H2,1H3. The van der Waals surface area contributed by atoms with Crippen molar-refractivity contribution in [3.05, 3.63) is 46.4 Å². The van der Waals surface area contributed by atoms with Gasteiger partial charge in [-0.2, -0.15) is 0 Å². The van der Waals surface area contributed by atoms with Crippen LogP contribution in [0.4, 0.5) is 0 Å². The number of fused-ring (bicyclic) bond motifs is 1. The van der Waals surface area contributed by atoms with Gasteiger partial charge in [0, 0.05) is 42.1 Å². The Morgan fingerprint density at radius 2 is 2.32 bits per heavy atom. The second-order valence-corrected chi connectivity index (χ2v) is 5.91. The van der Waals surface area contributed by atoms with Gasteiger partial charge in [-0.3, -0.25) is 0 Å². The van der Waals surface area contributed by atoms with E-state index < -0.39 is 0 Å². The van der Waals surface area contributed by atoms with Crippen LogP contribution in [-0.4, -0.2) is 18.1 Å². The lowest BCUT2D eigenvalue weighted by Gasteiger charge is -2.32. The summed E-state index contributed by atoms with van der Waals surface area (Å²) in [6.07, 6.45) is 2.86. The average molecular weight is 274 g/mol. The van der Waals surface area contributed by atoms with Gasteiger partial charge in [0.15, 0.2) is 0 Å². The van der Waals surface area contributed by atoms with Crippen LogP contribution in [0.15, 0.2) is 35.8 Å². The fourth-order valence-corrected chi connectivity index (χ4v) is 3.14. The minimum absolute atomic E-state index is 0.380. The van der Waals surface area contributed by atoms with E-state index in [0.29, 0.717) is 12.0 Å². The Balaban J connectivity index is 1.66. The van der Waals surface area contributed by atoms with E-state index in [-0.39, 0.29) is 0 Å². The third kappa shape index (κ3) is 2.80. The first-order chi connectivity index (χ1) is 9.34. The zero-order valence-corrected chi connectivity index (χ0v) is 11.8. The second kappa shape index (κ2) is 5.72. The van der Waals surface area contributed by atoms with Crippen LogP contribution >= 0.6 is 11.3 Å². The lowest BCUT2D eigenvalue weighted by atomic mass is 9.92. The van der Waals surface area contributed by atoms with E-state index in [4.69, 9.17) is 4.74 Å². The molecule has 19 heavy (non-hydrogen) atoms. The molecular formula is C15H18N2OS. The number of nitrogens with one attached hydrogen (secondary N) is 1. The van der Waals surface area contributed by atoms with Gasteiger partial charge >= 0.3 is 0 Å². The van der Waals surface area contributed by atoms with E-state index in [1.165, 1.54) is 10.6 Å². The van der Waals surface area contributed by atoms with Gasteiger partial charge in [-0.15, -0.1) is 11.3 Å². The Kier molecular flexibility index (Phi) is 3.80. The number of benzene rings is 1. The van der Waals surface area contributed by atoms with E-state index in [1.54, 1.807) is 11.3 Å². The molecule has 2 aromatic rings. The molecule has 3 rings (SSSR count). The first-order valence-corrected chi connectivity index (χ1v) is 7.56. The smallest absolute Gasteiger partial charge is 0.124 e. The maximum Gasteiger partial charge on any atom is 0.124 e. The van der Waals surface area contributed by atoms with E-state index in [1.807, 2.05) is 17.6 Å². The summed E-state index contributed by atoms with van der Waals surface area (Å²) in [7, 11) is 0. The fourth-order valence-electron chi connectivity index (χ4n) is 2.52. The predicted molar refractivity (Wildman–Crippen MR) is 77.7 cm³/mol. The van der Waals surface area contributed by atoms with Crippen LogP contribution in [0.5, 0.6) is 5.75 Å². The van der Waals surface area contributed by atoms with Crippen molar-refractivity contribution in [1.29, 1.82) is 0 Å². The van der Waals surface area contributed by atoms with E-state index in [2.05, 4.69) is 35.4 Å². The van der Waals surface area contributed by atoms with Crippen LogP contribution in [0.25, 0.3) is 0 Å². The lowest BCUT2D eigenvalue weighted by molar-refractivity contribution is 0.189. The summed E-state index contributed by atoms with van der Waals surface area (Å²) in [6, 6.07) is 8.70. The monoisotopic (exact) mass is 274 g/mol. The van der Waals surface area contributed by atoms with Crippen LogP contribution in [0, 0.1) is 5.92 Å². The van der Waals surface area contributed by atoms with Gasteiger partial charge in [-0.05, 0) is 6.07 Å². The Bertz CT molecular complexity index is 527. The lowest BCUT2D eigenvalue weighted by Crippen LogP contribution is -2.34. The zero-order chi connectivity index (χ0) is 13.1. The zero-order valence-electron chi connectivity index (χ0n) is 11.0. The second-order valence-electron chi connectivity index (χ2n) is 4.93. The molecule has 1 aromatic heterocycles. The summed E-state index contributed by atoms with van der Waals surface area (Å²) in [5, 5.41) is 6.88. The summed E-state index contributed by atoms with van der Waals surface area (Å²) in [5.74, 6) is 1.51. The summed E-state index contributed by atoms with van der Waals surface area (Å²) in [6.45, 7) is 3.97. The minimum atomic E-state index is 0.380. The Labute approximate surface area is 117 Å². The summed E-state index contributed by atoms with van der Waals surface area (Å²) in [5.41, 5.74) is 1.28. The van der Waals surface area contributed by atoms with Crippen molar-refractivity contribution in [2.24, 2.45) is 5.92 Å². The van der Waals surface area contributed by atoms with Gasteiger partial charge in [0.25, 0.3) is 0 Å². The molecule has 0 amide bonds. The summed E-state index contributed by atoms with van der Waals surface area (Å²) in [4.78, 5) is 4.32. The molecule has 0 radical (unpaired) electrons. The van der Waals surface area contributed by atoms with Gasteiger partial charge in [0.1, 0.15) is 5.75 Å². The number of nitrogens with zero attached hydrogens (tertiary/aromatic N) is 1. The highest BCUT2D eigenvalue weighted by molar-refractivity contribution is 7.09. The number of thiazole rings is 1. The molecule has 100 valence electrons. The molecule has 1 aliphatic rings. The summed E-state index contributed by atoms with van der Waals surface area (Å²) < 4.78 is 5.77. The summed E-state index contributed by atoms with van der Waals surface area (Å²) >= 11 is 1.72. The number of ether oxygens (including phenoxy) is 1. The average Bonchev–Trinajstić information content (AvgIpc) is 2.94. The van der Waals surface area contributed by atoms with Gasteiger partial charge in [-0.25, -0.2) is 4.98 Å². The number of rotatable bonds is 4. The molecule has 0 saturated carbocycles. The van der Waals surface area contributed by atoms with Crippen molar-refractivity contribution < 1.29 is 4.74 Å². The van der Waals surface area contributed by atoms with Crippen molar-refractivity contribution in [3.8, 4) is 5.75 Å². The van der Waals surface area contributed by atoms with Crippen LogP contribution < -0.4 is 10.1 Å². The van der Waals surface area contributed by atoms with Crippen molar-refractivity contribution in [1.82, 2.24) is 10.3 Å². The Morgan fingerprint density at radius 3 is 3.16 bits per heavy atom. The van der Waals surface area contributed by atoms with Crippen molar-refractivity contribution in [2.75, 3.05) is 13.2 Å². The van der Waals surface area contributed by atoms with Gasteiger partial charge in [0.05, 0.1) is 11.6 Å². The predicted octanol–water partition coefficient (Wildman–Crippen LogP) is 3.05. The van der Waals surface area contributed by atoms with Crippen LogP contribution in [0.3, 0.4) is 0 Å².